The number of ether oxygens (including phenoxy) is 1. The van der Waals surface area contributed by atoms with E-state index >= 15 is 0 Å². The molecule has 3 aromatic carbocycles. The molecule has 0 N–H and O–H groups in total. The predicted molar refractivity (Wildman–Crippen MR) is 141 cm³/mol. The number of benzene rings is 3. The first-order chi connectivity index (χ1) is 16.0. The molecule has 5 nitrogen and oxygen atoms in total. The van der Waals surface area contributed by atoms with E-state index in [1.165, 1.54) is 42.4 Å². The van der Waals surface area contributed by atoms with Gasteiger partial charge < -0.3 is 9.64 Å². The summed E-state index contributed by atoms with van der Waals surface area (Å²) in [5.74, 6) is 0.714. The first kappa shape index (κ1) is 26.4. The van der Waals surface area contributed by atoms with Gasteiger partial charge >= 0.3 is 0 Å². The van der Waals surface area contributed by atoms with Gasteiger partial charge in [-0.25, -0.2) is 8.42 Å². The molecule has 8 heteroatoms. The van der Waals surface area contributed by atoms with Gasteiger partial charge in [0.1, 0.15) is 5.75 Å². The first-order valence-corrected chi connectivity index (χ1v) is 13.1. The molecule has 34 heavy (non-hydrogen) atoms. The number of halogens is 2. The lowest BCUT2D eigenvalue weighted by molar-refractivity contribution is 0.262. The van der Waals surface area contributed by atoms with Crippen molar-refractivity contribution in [3.8, 4) is 5.75 Å². The molecule has 0 aromatic heterocycles. The van der Waals surface area contributed by atoms with Crippen LogP contribution in [0.4, 0.5) is 5.69 Å². The van der Waals surface area contributed by atoms with Crippen LogP contribution in [0.5, 0.6) is 5.75 Å². The van der Waals surface area contributed by atoms with Crippen molar-refractivity contribution in [1.82, 2.24) is 4.90 Å². The lowest BCUT2D eigenvalue weighted by Gasteiger charge is -2.26. The molecule has 0 amide bonds. The normalized spacial score (nSPS) is 13.9. The summed E-state index contributed by atoms with van der Waals surface area (Å²) < 4.78 is 34.7. The van der Waals surface area contributed by atoms with Crippen molar-refractivity contribution in [1.29, 1.82) is 0 Å². The fraction of sp³-hybridized carbons (Fsp3) is 0.308. The van der Waals surface area contributed by atoms with Crippen LogP contribution in [0.1, 0.15) is 24.8 Å². The maximum Gasteiger partial charge on any atom is 0.264 e. The second-order valence-electron chi connectivity index (χ2n) is 8.16. The van der Waals surface area contributed by atoms with Crippen molar-refractivity contribution >= 4 is 39.7 Å². The number of likely N-dealkylation sites (tertiary alicyclic amines) is 1. The fourth-order valence-electron chi connectivity index (χ4n) is 4.05. The van der Waals surface area contributed by atoms with Crippen LogP contribution >= 0.6 is 24.0 Å². The molecule has 3 aromatic rings. The zero-order valence-electron chi connectivity index (χ0n) is 19.0. The summed E-state index contributed by atoms with van der Waals surface area (Å²) >= 11 is 5.98. The Kier molecular flexibility index (Phi) is 9.65. The van der Waals surface area contributed by atoms with E-state index in [2.05, 4.69) is 4.90 Å². The summed E-state index contributed by atoms with van der Waals surface area (Å²) in [4.78, 5) is 2.66. The Balaban J connectivity index is 0.00000324. The summed E-state index contributed by atoms with van der Waals surface area (Å²) in [6.07, 6.45) is 3.50. The van der Waals surface area contributed by atoms with Gasteiger partial charge in [-0.05, 0) is 74.8 Å². The van der Waals surface area contributed by atoms with Crippen LogP contribution < -0.4 is 9.04 Å². The van der Waals surface area contributed by atoms with Gasteiger partial charge in [-0.3, -0.25) is 4.31 Å². The average molecular weight is 522 g/mol. The van der Waals surface area contributed by atoms with E-state index in [0.29, 0.717) is 23.1 Å². The quantitative estimate of drug-likeness (QED) is 0.306. The van der Waals surface area contributed by atoms with E-state index in [1.54, 1.807) is 24.3 Å². The van der Waals surface area contributed by atoms with E-state index in [-0.39, 0.29) is 23.8 Å². The number of hydrogen-bond acceptors (Lipinski definition) is 4. The Bertz CT molecular complexity index is 1140. The van der Waals surface area contributed by atoms with Crippen LogP contribution in [0.2, 0.25) is 5.02 Å². The van der Waals surface area contributed by atoms with E-state index < -0.39 is 10.0 Å². The van der Waals surface area contributed by atoms with Crippen molar-refractivity contribution in [3.05, 3.63) is 89.4 Å². The van der Waals surface area contributed by atoms with E-state index in [9.17, 15) is 8.42 Å². The Hall–Kier alpha value is -2.25. The minimum Gasteiger partial charge on any atom is -0.493 e. The van der Waals surface area contributed by atoms with Crippen LogP contribution in [-0.2, 0) is 16.6 Å². The summed E-state index contributed by atoms with van der Waals surface area (Å²) in [6, 6.07) is 23.0. The number of sulfonamides is 1. The Labute approximate surface area is 213 Å². The molecule has 182 valence electrons. The first-order valence-electron chi connectivity index (χ1n) is 11.3. The zero-order chi connectivity index (χ0) is 23.1. The van der Waals surface area contributed by atoms with Crippen molar-refractivity contribution in [2.75, 3.05) is 30.5 Å². The van der Waals surface area contributed by atoms with Gasteiger partial charge in [0, 0.05) is 17.1 Å². The predicted octanol–water partition coefficient (Wildman–Crippen LogP) is 6.02. The number of hydrogen-bond donors (Lipinski definition) is 0. The van der Waals surface area contributed by atoms with E-state index in [0.717, 1.165) is 18.5 Å². The topological polar surface area (TPSA) is 49.9 Å². The van der Waals surface area contributed by atoms with Crippen LogP contribution in [0.15, 0.2) is 83.8 Å². The highest BCUT2D eigenvalue weighted by atomic mass is 35.5. The van der Waals surface area contributed by atoms with Crippen molar-refractivity contribution in [2.24, 2.45) is 0 Å². The molecule has 1 aliphatic heterocycles. The molecule has 1 saturated heterocycles. The van der Waals surface area contributed by atoms with Gasteiger partial charge in [-0.1, -0.05) is 48.0 Å². The molecule has 0 atom stereocenters. The molecule has 1 aliphatic rings. The molecular weight excluding hydrogens is 491 g/mol. The Morgan fingerprint density at radius 3 is 2.24 bits per heavy atom. The molecule has 1 heterocycles. The Morgan fingerprint density at radius 1 is 0.882 bits per heavy atom. The van der Waals surface area contributed by atoms with Crippen molar-refractivity contribution < 1.29 is 13.2 Å². The Morgan fingerprint density at radius 2 is 1.53 bits per heavy atom. The lowest BCUT2D eigenvalue weighted by atomic mass is 10.2. The van der Waals surface area contributed by atoms with Crippen LogP contribution in [0.3, 0.4) is 0 Å². The average Bonchev–Trinajstić information content (AvgIpc) is 3.35. The maximum atomic E-state index is 13.6. The van der Waals surface area contributed by atoms with Crippen molar-refractivity contribution in [2.45, 2.75) is 30.7 Å². The standard InChI is InChI=1S/C26H29ClN2O3S.ClH/c27-23-13-15-25(16-14-23)33(30,31)29(24-10-2-1-3-11-24)21-22-9-4-5-12-26(22)32-20-8-19-28-17-6-7-18-28;/h1-5,9-16H,6-8,17-21H2;1H. The minimum atomic E-state index is -3.81. The number of para-hydroxylation sites is 2. The molecule has 0 spiro atoms. The van der Waals surface area contributed by atoms with Gasteiger partial charge in [-0.2, -0.15) is 0 Å². The van der Waals surface area contributed by atoms with Gasteiger partial charge in [0.25, 0.3) is 10.0 Å². The smallest absolute Gasteiger partial charge is 0.264 e. The fourth-order valence-corrected chi connectivity index (χ4v) is 5.62. The van der Waals surface area contributed by atoms with Crippen molar-refractivity contribution in [3.63, 3.8) is 0 Å². The summed E-state index contributed by atoms with van der Waals surface area (Å²) in [5, 5.41) is 0.493. The number of nitrogens with zero attached hydrogens (tertiary/aromatic N) is 2. The molecule has 0 saturated carbocycles. The van der Waals surface area contributed by atoms with Gasteiger partial charge in [0.2, 0.25) is 0 Å². The molecule has 0 radical (unpaired) electrons. The molecule has 4 rings (SSSR count). The third-order valence-corrected chi connectivity index (χ3v) is 7.85. The third kappa shape index (κ3) is 6.66. The lowest BCUT2D eigenvalue weighted by Crippen LogP contribution is -2.30. The summed E-state index contributed by atoms with van der Waals surface area (Å²) in [6.45, 7) is 4.14. The number of anilines is 1. The van der Waals surface area contributed by atoms with E-state index in [4.69, 9.17) is 16.3 Å². The minimum absolute atomic E-state index is 0. The highest BCUT2D eigenvalue weighted by Gasteiger charge is 2.26. The SMILES string of the molecule is Cl.O=S(=O)(c1ccc(Cl)cc1)N(Cc1ccccc1OCCCN1CCCC1)c1ccccc1. The van der Waals surface area contributed by atoms with Crippen LogP contribution in [0.25, 0.3) is 0 Å². The molecule has 1 fully saturated rings. The largest absolute Gasteiger partial charge is 0.493 e. The monoisotopic (exact) mass is 520 g/mol. The second-order valence-corrected chi connectivity index (χ2v) is 10.5. The number of rotatable bonds is 10. The molecule has 0 bridgehead atoms. The highest BCUT2D eigenvalue weighted by Crippen LogP contribution is 2.29. The molecule has 0 unspecified atom stereocenters. The van der Waals surface area contributed by atoms with E-state index in [1.807, 2.05) is 42.5 Å². The summed E-state index contributed by atoms with van der Waals surface area (Å²) in [5.41, 5.74) is 1.41. The molecular formula is C26H30Cl2N2O3S. The van der Waals surface area contributed by atoms with Gasteiger partial charge in [0.15, 0.2) is 0 Å². The maximum absolute atomic E-state index is 13.6. The second kappa shape index (κ2) is 12.5. The van der Waals surface area contributed by atoms with Crippen LogP contribution in [0, 0.1) is 0 Å². The highest BCUT2D eigenvalue weighted by molar-refractivity contribution is 7.92. The molecule has 0 aliphatic carbocycles. The van der Waals surface area contributed by atoms with Gasteiger partial charge in [-0.15, -0.1) is 12.4 Å². The van der Waals surface area contributed by atoms with Gasteiger partial charge in [0.05, 0.1) is 23.7 Å². The summed E-state index contributed by atoms with van der Waals surface area (Å²) in [7, 11) is -3.81. The third-order valence-electron chi connectivity index (χ3n) is 5.81. The zero-order valence-corrected chi connectivity index (χ0v) is 21.4. The van der Waals surface area contributed by atoms with Crippen LogP contribution in [-0.4, -0.2) is 39.6 Å².